The van der Waals surface area contributed by atoms with Crippen LogP contribution in [0.3, 0.4) is 0 Å². The van der Waals surface area contributed by atoms with Crippen molar-refractivity contribution in [2.45, 2.75) is 31.3 Å². The Hall–Kier alpha value is -0.810. The van der Waals surface area contributed by atoms with Gasteiger partial charge in [-0.25, -0.2) is 0 Å². The Bertz CT molecular complexity index is 220. The maximum atomic E-state index is 5.04. The highest BCUT2D eigenvalue weighted by Crippen LogP contribution is 2.18. The highest BCUT2D eigenvalue weighted by molar-refractivity contribution is 5.79. The van der Waals surface area contributed by atoms with Crippen molar-refractivity contribution in [1.29, 1.82) is 0 Å². The summed E-state index contributed by atoms with van der Waals surface area (Å²) in [5, 5.41) is 10.00. The van der Waals surface area contributed by atoms with Gasteiger partial charge in [-0.05, 0) is 19.3 Å². The summed E-state index contributed by atoms with van der Waals surface area (Å²) in [5.74, 6) is 0.866. The first-order chi connectivity index (χ1) is 7.81. The minimum absolute atomic E-state index is 0.475. The summed E-state index contributed by atoms with van der Waals surface area (Å²) >= 11 is 0. The third kappa shape index (κ3) is 3.98. The standard InChI is InChI=1S/C11H24N4O/c1-12-11(13-2)15-10-6-4-5-9(10)14-7-8-16-3/h9-10,14H,4-8H2,1-3H3,(H2,12,13,15)/t9-,10-/m0/s1. The van der Waals surface area contributed by atoms with Crippen LogP contribution in [0.5, 0.6) is 0 Å². The Balaban J connectivity index is 2.33. The number of hydrogen-bond acceptors (Lipinski definition) is 3. The first kappa shape index (κ1) is 13.3. The Labute approximate surface area is 98.0 Å². The van der Waals surface area contributed by atoms with Gasteiger partial charge in [0, 0.05) is 39.8 Å². The van der Waals surface area contributed by atoms with Gasteiger partial charge in [-0.1, -0.05) is 0 Å². The number of nitrogens with one attached hydrogen (secondary N) is 3. The first-order valence-electron chi connectivity index (χ1n) is 5.95. The maximum Gasteiger partial charge on any atom is 0.190 e. The molecule has 2 atom stereocenters. The minimum atomic E-state index is 0.475. The number of rotatable bonds is 5. The Morgan fingerprint density at radius 3 is 2.75 bits per heavy atom. The van der Waals surface area contributed by atoms with Crippen molar-refractivity contribution in [3.05, 3.63) is 0 Å². The van der Waals surface area contributed by atoms with Crippen LogP contribution in [0, 0.1) is 0 Å². The number of ether oxygens (including phenoxy) is 1. The van der Waals surface area contributed by atoms with E-state index in [1.54, 1.807) is 14.2 Å². The number of aliphatic imine (C=N–C) groups is 1. The second kappa shape index (κ2) is 7.46. The van der Waals surface area contributed by atoms with E-state index in [1.807, 2.05) is 7.05 Å². The van der Waals surface area contributed by atoms with Crippen LogP contribution in [-0.2, 0) is 4.74 Å². The van der Waals surface area contributed by atoms with Crippen LogP contribution in [0.2, 0.25) is 0 Å². The fraction of sp³-hybridized carbons (Fsp3) is 0.909. The molecule has 3 N–H and O–H groups in total. The van der Waals surface area contributed by atoms with Gasteiger partial charge in [-0.2, -0.15) is 0 Å². The molecule has 1 rings (SSSR count). The summed E-state index contributed by atoms with van der Waals surface area (Å²) in [5.41, 5.74) is 0. The molecule has 0 unspecified atom stereocenters. The zero-order valence-corrected chi connectivity index (χ0v) is 10.5. The molecule has 5 nitrogen and oxygen atoms in total. The molecule has 0 aromatic rings. The SMILES string of the molecule is CN=C(NC)N[C@H]1CCC[C@@H]1NCCOC. The van der Waals surface area contributed by atoms with E-state index in [2.05, 4.69) is 20.9 Å². The predicted molar refractivity (Wildman–Crippen MR) is 66.9 cm³/mol. The van der Waals surface area contributed by atoms with E-state index in [-0.39, 0.29) is 0 Å². The smallest absolute Gasteiger partial charge is 0.190 e. The molecular weight excluding hydrogens is 204 g/mol. The van der Waals surface area contributed by atoms with Gasteiger partial charge in [0.2, 0.25) is 0 Å². The monoisotopic (exact) mass is 228 g/mol. The fourth-order valence-electron chi connectivity index (χ4n) is 2.15. The van der Waals surface area contributed by atoms with Gasteiger partial charge in [0.15, 0.2) is 5.96 Å². The molecule has 0 aromatic carbocycles. The van der Waals surface area contributed by atoms with Crippen molar-refractivity contribution in [3.8, 4) is 0 Å². The predicted octanol–water partition coefficient (Wildman–Crippen LogP) is -0.0617. The molecule has 0 bridgehead atoms. The van der Waals surface area contributed by atoms with Gasteiger partial charge in [0.1, 0.15) is 0 Å². The van der Waals surface area contributed by atoms with Crippen molar-refractivity contribution in [3.63, 3.8) is 0 Å². The van der Waals surface area contributed by atoms with Gasteiger partial charge in [0.25, 0.3) is 0 Å². The number of nitrogens with zero attached hydrogens (tertiary/aromatic N) is 1. The van der Waals surface area contributed by atoms with Crippen molar-refractivity contribution in [2.24, 2.45) is 4.99 Å². The minimum Gasteiger partial charge on any atom is -0.383 e. The molecule has 1 aliphatic carbocycles. The van der Waals surface area contributed by atoms with E-state index < -0.39 is 0 Å². The molecule has 0 aromatic heterocycles. The summed E-state index contributed by atoms with van der Waals surface area (Å²) in [6.07, 6.45) is 3.69. The zero-order chi connectivity index (χ0) is 11.8. The fourth-order valence-corrected chi connectivity index (χ4v) is 2.15. The Kier molecular flexibility index (Phi) is 6.18. The molecule has 0 radical (unpaired) electrons. The molecule has 94 valence electrons. The van der Waals surface area contributed by atoms with Gasteiger partial charge in [-0.3, -0.25) is 4.99 Å². The van der Waals surface area contributed by atoms with Gasteiger partial charge in [0.05, 0.1) is 6.61 Å². The topological polar surface area (TPSA) is 57.7 Å². The number of methoxy groups -OCH3 is 1. The normalized spacial score (nSPS) is 25.8. The van der Waals surface area contributed by atoms with Crippen LogP contribution < -0.4 is 16.0 Å². The van der Waals surface area contributed by atoms with Gasteiger partial charge < -0.3 is 20.7 Å². The highest BCUT2D eigenvalue weighted by atomic mass is 16.5. The lowest BCUT2D eigenvalue weighted by Gasteiger charge is -2.23. The Morgan fingerprint density at radius 2 is 2.12 bits per heavy atom. The quantitative estimate of drug-likeness (QED) is 0.350. The third-order valence-electron chi connectivity index (χ3n) is 3.01. The zero-order valence-electron chi connectivity index (χ0n) is 10.5. The Morgan fingerprint density at radius 1 is 1.38 bits per heavy atom. The van der Waals surface area contributed by atoms with E-state index >= 15 is 0 Å². The number of hydrogen-bond donors (Lipinski definition) is 3. The summed E-state index contributed by atoms with van der Waals surface area (Å²) in [4.78, 5) is 4.14. The van der Waals surface area contributed by atoms with Crippen LogP contribution >= 0.6 is 0 Å². The van der Waals surface area contributed by atoms with Gasteiger partial charge in [-0.15, -0.1) is 0 Å². The van der Waals surface area contributed by atoms with E-state index in [9.17, 15) is 0 Å². The molecule has 0 amide bonds. The van der Waals surface area contributed by atoms with Crippen LogP contribution in [-0.4, -0.2) is 52.4 Å². The first-order valence-corrected chi connectivity index (χ1v) is 5.95. The molecule has 16 heavy (non-hydrogen) atoms. The maximum absolute atomic E-state index is 5.04. The largest absolute Gasteiger partial charge is 0.383 e. The second-order valence-corrected chi connectivity index (χ2v) is 4.06. The summed E-state index contributed by atoms with van der Waals surface area (Å²) < 4.78 is 5.04. The lowest BCUT2D eigenvalue weighted by atomic mass is 10.2. The molecule has 1 aliphatic rings. The third-order valence-corrected chi connectivity index (χ3v) is 3.01. The average molecular weight is 228 g/mol. The van der Waals surface area contributed by atoms with Crippen LogP contribution in [0.25, 0.3) is 0 Å². The van der Waals surface area contributed by atoms with E-state index in [1.165, 1.54) is 19.3 Å². The summed E-state index contributed by atoms with van der Waals surface area (Å²) in [6.45, 7) is 1.68. The van der Waals surface area contributed by atoms with Gasteiger partial charge >= 0.3 is 0 Å². The second-order valence-electron chi connectivity index (χ2n) is 4.06. The summed E-state index contributed by atoms with van der Waals surface area (Å²) in [6, 6.07) is 1.00. The number of guanidine groups is 1. The van der Waals surface area contributed by atoms with Crippen LogP contribution in [0.4, 0.5) is 0 Å². The molecule has 0 saturated heterocycles. The van der Waals surface area contributed by atoms with Crippen molar-refractivity contribution >= 4 is 5.96 Å². The van der Waals surface area contributed by atoms with E-state index in [4.69, 9.17) is 4.74 Å². The van der Waals surface area contributed by atoms with Crippen molar-refractivity contribution in [2.75, 3.05) is 34.4 Å². The molecule has 0 aliphatic heterocycles. The molecule has 0 heterocycles. The van der Waals surface area contributed by atoms with E-state index in [0.29, 0.717) is 12.1 Å². The lowest BCUT2D eigenvalue weighted by molar-refractivity contribution is 0.194. The molecular formula is C11H24N4O. The van der Waals surface area contributed by atoms with Crippen LogP contribution in [0.1, 0.15) is 19.3 Å². The molecule has 0 spiro atoms. The molecule has 1 fully saturated rings. The van der Waals surface area contributed by atoms with Crippen molar-refractivity contribution in [1.82, 2.24) is 16.0 Å². The van der Waals surface area contributed by atoms with E-state index in [0.717, 1.165) is 19.1 Å². The lowest BCUT2D eigenvalue weighted by Crippen LogP contribution is -2.50. The van der Waals surface area contributed by atoms with Crippen LogP contribution in [0.15, 0.2) is 4.99 Å². The van der Waals surface area contributed by atoms with Crippen molar-refractivity contribution < 1.29 is 4.74 Å². The highest BCUT2D eigenvalue weighted by Gasteiger charge is 2.26. The summed E-state index contributed by atoms with van der Waals surface area (Å²) in [7, 11) is 5.41. The molecule has 1 saturated carbocycles. The average Bonchev–Trinajstić information content (AvgIpc) is 2.74. The molecule has 5 heteroatoms.